The molecule has 1 amide bonds. The van der Waals surface area contributed by atoms with Crippen molar-refractivity contribution < 1.29 is 9.90 Å². The number of hydrazone groups is 1. The van der Waals surface area contributed by atoms with Crippen molar-refractivity contribution in [3.63, 3.8) is 0 Å². The van der Waals surface area contributed by atoms with Gasteiger partial charge in [-0.25, -0.2) is 10.4 Å². The Hall–Kier alpha value is -2.21. The lowest BCUT2D eigenvalue weighted by Crippen LogP contribution is -2.19. The molecule has 2 N–H and O–H groups in total. The molecule has 0 fully saturated rings. The summed E-state index contributed by atoms with van der Waals surface area (Å²) >= 11 is 1.31. The molecule has 0 aliphatic heterocycles. The van der Waals surface area contributed by atoms with E-state index in [1.807, 2.05) is 19.2 Å². The summed E-state index contributed by atoms with van der Waals surface area (Å²) in [6.07, 6.45) is 0. The number of nitrogens with zero attached hydrogens (tertiary/aromatic N) is 2. The fourth-order valence-electron chi connectivity index (χ4n) is 1.61. The molecule has 21 heavy (non-hydrogen) atoms. The maximum absolute atomic E-state index is 12.0. The Morgan fingerprint density at radius 3 is 2.57 bits per heavy atom. The van der Waals surface area contributed by atoms with E-state index in [0.717, 1.165) is 11.3 Å². The largest absolute Gasteiger partial charge is 0.508 e. The highest BCUT2D eigenvalue weighted by molar-refractivity contribution is 7.11. The van der Waals surface area contributed by atoms with E-state index in [1.165, 1.54) is 11.3 Å². The Bertz CT molecular complexity index is 660. The van der Waals surface area contributed by atoms with Crippen LogP contribution in [0.15, 0.2) is 34.7 Å². The summed E-state index contributed by atoms with van der Waals surface area (Å²) in [7, 11) is 0. The highest BCUT2D eigenvalue weighted by atomic mass is 32.1. The fraction of sp³-hybridized carbons (Fsp3) is 0.267. The van der Waals surface area contributed by atoms with Crippen molar-refractivity contribution in [2.24, 2.45) is 5.10 Å². The Morgan fingerprint density at radius 1 is 1.33 bits per heavy atom. The maximum Gasteiger partial charge on any atom is 0.300 e. The average Bonchev–Trinajstić information content (AvgIpc) is 2.95. The van der Waals surface area contributed by atoms with Crippen molar-refractivity contribution in [2.45, 2.75) is 26.7 Å². The lowest BCUT2D eigenvalue weighted by Gasteiger charge is -2.02. The Kier molecular flexibility index (Phi) is 4.70. The van der Waals surface area contributed by atoms with Crippen molar-refractivity contribution >= 4 is 23.0 Å². The number of thiazole rings is 1. The first-order valence-corrected chi connectivity index (χ1v) is 7.45. The highest BCUT2D eigenvalue weighted by Crippen LogP contribution is 2.17. The minimum atomic E-state index is -0.315. The summed E-state index contributed by atoms with van der Waals surface area (Å²) in [5.74, 6) is 0.176. The van der Waals surface area contributed by atoms with Gasteiger partial charge in [0.1, 0.15) is 5.75 Å². The smallest absolute Gasteiger partial charge is 0.300 e. The predicted molar refractivity (Wildman–Crippen MR) is 84.0 cm³/mol. The van der Waals surface area contributed by atoms with E-state index < -0.39 is 0 Å². The topological polar surface area (TPSA) is 74.6 Å². The van der Waals surface area contributed by atoms with Crippen LogP contribution in [0, 0.1) is 0 Å². The number of phenolic OH excluding ortho intramolecular Hbond substituents is 1. The van der Waals surface area contributed by atoms with Gasteiger partial charge in [-0.1, -0.05) is 13.8 Å². The van der Waals surface area contributed by atoms with Crippen LogP contribution in [0.3, 0.4) is 0 Å². The molecule has 0 radical (unpaired) electrons. The number of aromatic hydroxyl groups is 1. The molecule has 5 nitrogen and oxygen atoms in total. The van der Waals surface area contributed by atoms with Crippen LogP contribution in [-0.4, -0.2) is 21.7 Å². The fourth-order valence-corrected chi connectivity index (χ4v) is 2.47. The van der Waals surface area contributed by atoms with Gasteiger partial charge in [0.2, 0.25) is 0 Å². The van der Waals surface area contributed by atoms with Gasteiger partial charge in [0, 0.05) is 5.38 Å². The van der Waals surface area contributed by atoms with E-state index in [2.05, 4.69) is 15.5 Å². The molecular weight excluding hydrogens is 286 g/mol. The first kappa shape index (κ1) is 15.2. The minimum Gasteiger partial charge on any atom is -0.508 e. The predicted octanol–water partition coefficient (Wildman–Crippen LogP) is 3.13. The second-order valence-corrected chi connectivity index (χ2v) is 5.78. The first-order valence-electron chi connectivity index (χ1n) is 6.57. The van der Waals surface area contributed by atoms with Gasteiger partial charge in [-0.05, 0) is 42.7 Å². The second kappa shape index (κ2) is 6.49. The van der Waals surface area contributed by atoms with Gasteiger partial charge < -0.3 is 5.11 Å². The molecule has 1 heterocycles. The maximum atomic E-state index is 12.0. The summed E-state index contributed by atoms with van der Waals surface area (Å²) in [6.45, 7) is 5.85. The van der Waals surface area contributed by atoms with E-state index >= 15 is 0 Å². The zero-order valence-electron chi connectivity index (χ0n) is 12.1. The van der Waals surface area contributed by atoms with E-state index in [9.17, 15) is 9.90 Å². The molecule has 0 spiro atoms. The number of phenols is 1. The molecule has 0 atom stereocenters. The third-order valence-corrected chi connectivity index (χ3v) is 3.78. The van der Waals surface area contributed by atoms with Crippen LogP contribution in [0.25, 0.3) is 0 Å². The first-order chi connectivity index (χ1) is 9.97. The molecule has 2 aromatic rings. The van der Waals surface area contributed by atoms with Gasteiger partial charge in [0.15, 0.2) is 5.01 Å². The molecule has 0 aliphatic carbocycles. The number of aromatic nitrogens is 1. The number of rotatable bonds is 4. The Labute approximate surface area is 127 Å². The molecule has 2 rings (SSSR count). The van der Waals surface area contributed by atoms with Crippen LogP contribution in [0.5, 0.6) is 5.75 Å². The number of hydrogen-bond acceptors (Lipinski definition) is 5. The zero-order chi connectivity index (χ0) is 15.4. The van der Waals surface area contributed by atoms with Gasteiger partial charge in [-0.3, -0.25) is 4.79 Å². The summed E-state index contributed by atoms with van der Waals surface area (Å²) < 4.78 is 0. The van der Waals surface area contributed by atoms with Crippen LogP contribution in [-0.2, 0) is 0 Å². The SMILES string of the molecule is C/C(=N/NC(=O)c1nc(C(C)C)cs1)c1ccc(O)cc1. The molecule has 0 saturated heterocycles. The molecule has 0 aliphatic rings. The van der Waals surface area contributed by atoms with Crippen molar-refractivity contribution in [2.75, 3.05) is 0 Å². The lowest BCUT2D eigenvalue weighted by atomic mass is 10.1. The van der Waals surface area contributed by atoms with Crippen LogP contribution in [0.1, 0.15) is 47.7 Å². The number of hydrogen-bond donors (Lipinski definition) is 2. The molecule has 0 unspecified atom stereocenters. The monoisotopic (exact) mass is 303 g/mol. The van der Waals surface area contributed by atoms with Crippen molar-refractivity contribution in [3.05, 3.63) is 45.9 Å². The highest BCUT2D eigenvalue weighted by Gasteiger charge is 2.12. The number of carbonyl (C=O) groups excluding carboxylic acids is 1. The normalized spacial score (nSPS) is 11.7. The number of carbonyl (C=O) groups is 1. The number of amides is 1. The quantitative estimate of drug-likeness (QED) is 0.673. The van der Waals surface area contributed by atoms with Crippen LogP contribution in [0.2, 0.25) is 0 Å². The standard InChI is InChI=1S/C15H17N3O2S/c1-9(2)13-8-21-15(16-13)14(20)18-17-10(3)11-4-6-12(19)7-5-11/h4-9,19H,1-3H3,(H,18,20)/b17-10-. The lowest BCUT2D eigenvalue weighted by molar-refractivity contribution is 0.0954. The Morgan fingerprint density at radius 2 is 2.00 bits per heavy atom. The molecule has 0 bridgehead atoms. The van der Waals surface area contributed by atoms with E-state index in [1.54, 1.807) is 31.2 Å². The van der Waals surface area contributed by atoms with E-state index in [-0.39, 0.29) is 11.7 Å². The van der Waals surface area contributed by atoms with E-state index in [4.69, 9.17) is 0 Å². The third-order valence-electron chi connectivity index (χ3n) is 2.92. The van der Waals surface area contributed by atoms with Gasteiger partial charge >= 0.3 is 0 Å². The molecule has 1 aromatic carbocycles. The molecule has 0 saturated carbocycles. The van der Waals surface area contributed by atoms with Crippen molar-refractivity contribution in [3.8, 4) is 5.75 Å². The number of nitrogens with one attached hydrogen (secondary N) is 1. The molecule has 1 aromatic heterocycles. The number of benzene rings is 1. The molecular formula is C15H17N3O2S. The third kappa shape index (κ3) is 3.88. The van der Waals surface area contributed by atoms with Gasteiger partial charge in [-0.15, -0.1) is 11.3 Å². The van der Waals surface area contributed by atoms with Crippen LogP contribution in [0.4, 0.5) is 0 Å². The molecule has 110 valence electrons. The minimum absolute atomic E-state index is 0.194. The second-order valence-electron chi connectivity index (χ2n) is 4.92. The van der Waals surface area contributed by atoms with Crippen LogP contribution < -0.4 is 5.43 Å². The van der Waals surface area contributed by atoms with E-state index in [0.29, 0.717) is 16.6 Å². The molecule has 6 heteroatoms. The summed E-state index contributed by atoms with van der Waals surface area (Å²) in [5, 5.41) is 15.6. The zero-order valence-corrected chi connectivity index (χ0v) is 12.9. The van der Waals surface area contributed by atoms with Crippen molar-refractivity contribution in [1.82, 2.24) is 10.4 Å². The summed E-state index contributed by atoms with van der Waals surface area (Å²) in [4.78, 5) is 16.2. The Balaban J connectivity index is 2.05. The van der Waals surface area contributed by atoms with Gasteiger partial charge in [0.25, 0.3) is 5.91 Å². The summed E-state index contributed by atoms with van der Waals surface area (Å²) in [6, 6.07) is 6.62. The van der Waals surface area contributed by atoms with Crippen LogP contribution >= 0.6 is 11.3 Å². The van der Waals surface area contributed by atoms with Gasteiger partial charge in [0.05, 0.1) is 11.4 Å². The average molecular weight is 303 g/mol. The van der Waals surface area contributed by atoms with Gasteiger partial charge in [-0.2, -0.15) is 5.10 Å². The van der Waals surface area contributed by atoms with Crippen molar-refractivity contribution in [1.29, 1.82) is 0 Å². The summed E-state index contributed by atoms with van der Waals surface area (Å²) in [5.41, 5.74) is 4.89.